The number of fused-ring (bicyclic) bond motifs is 4. The highest BCUT2D eigenvalue weighted by Gasteiger charge is 2.56. The van der Waals surface area contributed by atoms with Gasteiger partial charge in [-0.3, -0.25) is 4.98 Å². The number of carbonyl (C=O) groups excluding carboxylic acids is 1. The fourth-order valence-electron chi connectivity index (χ4n) is 5.46. The van der Waals surface area contributed by atoms with Gasteiger partial charge >= 0.3 is 5.97 Å². The van der Waals surface area contributed by atoms with Gasteiger partial charge in [0.2, 0.25) is 0 Å². The lowest BCUT2D eigenvalue weighted by molar-refractivity contribution is -0.136. The van der Waals surface area contributed by atoms with E-state index < -0.39 is 0 Å². The Labute approximate surface area is 141 Å². The Morgan fingerprint density at radius 2 is 1.83 bits per heavy atom. The van der Waals surface area contributed by atoms with Crippen LogP contribution in [0.2, 0.25) is 0 Å². The molecule has 0 spiro atoms. The van der Waals surface area contributed by atoms with Crippen LogP contribution in [0.15, 0.2) is 60.4 Å². The molecule has 120 valence electrons. The van der Waals surface area contributed by atoms with Crippen LogP contribution in [0.3, 0.4) is 0 Å². The molecule has 3 heteroatoms. The van der Waals surface area contributed by atoms with Crippen LogP contribution in [0, 0.1) is 11.8 Å². The Hall–Kier alpha value is -2.42. The number of rotatable bonds is 2. The van der Waals surface area contributed by atoms with Gasteiger partial charge in [0.15, 0.2) is 0 Å². The number of hydrogen-bond acceptors (Lipinski definition) is 3. The Morgan fingerprint density at radius 3 is 2.58 bits per heavy atom. The van der Waals surface area contributed by atoms with E-state index in [1.807, 2.05) is 12.4 Å². The highest BCUT2D eigenvalue weighted by molar-refractivity contribution is 5.90. The molecule has 0 saturated heterocycles. The molecule has 1 aromatic heterocycles. The molecule has 0 radical (unpaired) electrons. The molecule has 2 aromatic rings. The zero-order valence-corrected chi connectivity index (χ0v) is 13.6. The van der Waals surface area contributed by atoms with E-state index in [1.165, 1.54) is 23.8 Å². The summed E-state index contributed by atoms with van der Waals surface area (Å²) >= 11 is 0. The van der Waals surface area contributed by atoms with Gasteiger partial charge in [0.25, 0.3) is 0 Å². The van der Waals surface area contributed by atoms with Crippen LogP contribution in [-0.4, -0.2) is 18.1 Å². The molecule has 24 heavy (non-hydrogen) atoms. The van der Waals surface area contributed by atoms with E-state index >= 15 is 0 Å². The third-order valence-corrected chi connectivity index (χ3v) is 6.25. The second kappa shape index (κ2) is 5.04. The third-order valence-electron chi connectivity index (χ3n) is 6.25. The first kappa shape index (κ1) is 14.0. The number of pyridine rings is 1. The van der Waals surface area contributed by atoms with E-state index in [-0.39, 0.29) is 11.9 Å². The minimum absolute atomic E-state index is 0.164. The lowest BCUT2D eigenvalue weighted by Crippen LogP contribution is -2.22. The summed E-state index contributed by atoms with van der Waals surface area (Å²) in [6, 6.07) is 13.0. The van der Waals surface area contributed by atoms with Gasteiger partial charge < -0.3 is 4.74 Å². The Balaban J connectivity index is 1.73. The summed E-state index contributed by atoms with van der Waals surface area (Å²) in [6.07, 6.45) is 6.98. The van der Waals surface area contributed by atoms with Crippen molar-refractivity contribution >= 4 is 5.97 Å². The molecule has 2 bridgehead atoms. The molecular formula is C21H19NO2. The molecule has 0 amide bonds. The van der Waals surface area contributed by atoms with Crippen LogP contribution < -0.4 is 0 Å². The molecule has 1 fully saturated rings. The first-order valence-corrected chi connectivity index (χ1v) is 8.58. The Bertz CT molecular complexity index is 842. The molecule has 3 aliphatic rings. The average molecular weight is 317 g/mol. The average Bonchev–Trinajstić information content (AvgIpc) is 3.12. The standard InChI is InChI=1S/C21H19NO2/c1-24-21(23)18-10-15-13-4-2-3-5-14(13)20-16(15)11-17(18)19(20)12-6-8-22-9-7-12/h2-10,15-17,19-20H,11H2,1H3/t15?,16?,17?,19-,20?/m1/s1. The minimum atomic E-state index is -0.164. The number of methoxy groups -OCH3 is 1. The highest BCUT2D eigenvalue weighted by atomic mass is 16.5. The summed E-state index contributed by atoms with van der Waals surface area (Å²) in [4.78, 5) is 16.6. The van der Waals surface area contributed by atoms with Crippen LogP contribution in [0.25, 0.3) is 0 Å². The van der Waals surface area contributed by atoms with Gasteiger partial charge in [0.05, 0.1) is 7.11 Å². The summed E-state index contributed by atoms with van der Waals surface area (Å²) in [5.41, 5.74) is 5.02. The second-order valence-corrected chi connectivity index (χ2v) is 7.11. The molecule has 3 aliphatic carbocycles. The third kappa shape index (κ3) is 1.73. The van der Waals surface area contributed by atoms with Crippen molar-refractivity contribution in [3.8, 4) is 0 Å². The van der Waals surface area contributed by atoms with Gasteiger partial charge in [-0.15, -0.1) is 0 Å². The normalized spacial score (nSPS) is 32.2. The van der Waals surface area contributed by atoms with Gasteiger partial charge in [-0.05, 0) is 58.9 Å². The topological polar surface area (TPSA) is 39.2 Å². The largest absolute Gasteiger partial charge is 0.466 e. The first-order chi connectivity index (χ1) is 11.8. The summed E-state index contributed by atoms with van der Waals surface area (Å²) < 4.78 is 5.10. The molecule has 5 rings (SSSR count). The fourth-order valence-corrected chi connectivity index (χ4v) is 5.46. The van der Waals surface area contributed by atoms with E-state index in [9.17, 15) is 4.79 Å². The van der Waals surface area contributed by atoms with Crippen LogP contribution >= 0.6 is 0 Å². The smallest absolute Gasteiger partial charge is 0.333 e. The Kier molecular flexibility index (Phi) is 2.93. The maximum absolute atomic E-state index is 12.4. The lowest BCUT2D eigenvalue weighted by atomic mass is 9.75. The van der Waals surface area contributed by atoms with Crippen LogP contribution in [0.4, 0.5) is 0 Å². The van der Waals surface area contributed by atoms with E-state index in [4.69, 9.17) is 4.74 Å². The molecule has 0 N–H and O–H groups in total. The minimum Gasteiger partial charge on any atom is -0.466 e. The van der Waals surface area contributed by atoms with Gasteiger partial charge in [0, 0.05) is 23.9 Å². The summed E-state index contributed by atoms with van der Waals surface area (Å²) in [5, 5.41) is 0. The SMILES string of the molecule is COC(=O)C1=CC2c3ccccc3C3C2CC1[C@H]3c1ccncc1. The predicted octanol–water partition coefficient (Wildman–Crippen LogP) is 3.80. The van der Waals surface area contributed by atoms with E-state index in [2.05, 4.69) is 47.5 Å². The van der Waals surface area contributed by atoms with Crippen molar-refractivity contribution < 1.29 is 9.53 Å². The van der Waals surface area contributed by atoms with Crippen molar-refractivity contribution in [2.24, 2.45) is 11.8 Å². The van der Waals surface area contributed by atoms with Crippen LogP contribution in [0.1, 0.15) is 40.9 Å². The van der Waals surface area contributed by atoms with E-state index in [1.54, 1.807) is 0 Å². The molecular weight excluding hydrogens is 298 g/mol. The molecule has 4 unspecified atom stereocenters. The first-order valence-electron chi connectivity index (χ1n) is 8.58. The number of allylic oxidation sites excluding steroid dienone is 1. The van der Waals surface area contributed by atoms with Crippen molar-refractivity contribution in [2.45, 2.75) is 24.2 Å². The monoisotopic (exact) mass is 317 g/mol. The number of hydrogen-bond donors (Lipinski definition) is 0. The van der Waals surface area contributed by atoms with Crippen molar-refractivity contribution in [3.63, 3.8) is 0 Å². The molecule has 1 heterocycles. The van der Waals surface area contributed by atoms with Gasteiger partial charge in [-0.25, -0.2) is 4.79 Å². The zero-order valence-electron chi connectivity index (χ0n) is 13.6. The van der Waals surface area contributed by atoms with Crippen LogP contribution in [-0.2, 0) is 9.53 Å². The number of nitrogens with zero attached hydrogens (tertiary/aromatic N) is 1. The number of esters is 1. The van der Waals surface area contributed by atoms with Crippen molar-refractivity contribution in [1.82, 2.24) is 4.98 Å². The highest BCUT2D eigenvalue weighted by Crippen LogP contribution is 2.66. The van der Waals surface area contributed by atoms with E-state index in [0.29, 0.717) is 23.7 Å². The quantitative estimate of drug-likeness (QED) is 0.791. The zero-order chi connectivity index (χ0) is 16.3. The number of ether oxygens (including phenoxy) is 1. The maximum atomic E-state index is 12.4. The van der Waals surface area contributed by atoms with Gasteiger partial charge in [-0.2, -0.15) is 0 Å². The van der Waals surface area contributed by atoms with Gasteiger partial charge in [0.1, 0.15) is 0 Å². The summed E-state index contributed by atoms with van der Waals surface area (Å²) in [7, 11) is 1.48. The second-order valence-electron chi connectivity index (χ2n) is 7.11. The maximum Gasteiger partial charge on any atom is 0.333 e. The van der Waals surface area contributed by atoms with Crippen LogP contribution in [0.5, 0.6) is 0 Å². The Morgan fingerprint density at radius 1 is 1.08 bits per heavy atom. The molecule has 1 saturated carbocycles. The summed E-state index contributed by atoms with van der Waals surface area (Å²) in [5.74, 6) is 1.85. The van der Waals surface area contributed by atoms with Crippen molar-refractivity contribution in [3.05, 3.63) is 77.1 Å². The number of carbonyl (C=O) groups is 1. The molecule has 5 atom stereocenters. The van der Waals surface area contributed by atoms with E-state index in [0.717, 1.165) is 12.0 Å². The molecule has 1 aromatic carbocycles. The number of benzene rings is 1. The fraction of sp³-hybridized carbons (Fsp3) is 0.333. The number of aromatic nitrogens is 1. The predicted molar refractivity (Wildman–Crippen MR) is 90.6 cm³/mol. The lowest BCUT2D eigenvalue weighted by Gasteiger charge is -2.28. The molecule has 3 nitrogen and oxygen atoms in total. The van der Waals surface area contributed by atoms with Crippen molar-refractivity contribution in [1.29, 1.82) is 0 Å². The van der Waals surface area contributed by atoms with Gasteiger partial charge in [-0.1, -0.05) is 30.3 Å². The molecule has 0 aliphatic heterocycles. The summed E-state index contributed by atoms with van der Waals surface area (Å²) in [6.45, 7) is 0. The van der Waals surface area contributed by atoms with Crippen molar-refractivity contribution in [2.75, 3.05) is 7.11 Å².